The molecule has 0 aliphatic carbocycles. The van der Waals surface area contributed by atoms with Gasteiger partial charge in [-0.3, -0.25) is 4.18 Å². The van der Waals surface area contributed by atoms with Crippen LogP contribution in [0.2, 0.25) is 0 Å². The second-order valence-electron chi connectivity index (χ2n) is 4.85. The minimum atomic E-state index is -3.83. The zero-order valence-corrected chi connectivity index (χ0v) is 15.1. The molecule has 0 aromatic heterocycles. The lowest BCUT2D eigenvalue weighted by molar-refractivity contribution is 0.221. The monoisotopic (exact) mass is 390 g/mol. The summed E-state index contributed by atoms with van der Waals surface area (Å²) < 4.78 is 56.3. The summed E-state index contributed by atoms with van der Waals surface area (Å²) in [6, 6.07) is 11.7. The molecule has 2 aromatic carbocycles. The van der Waals surface area contributed by atoms with Crippen molar-refractivity contribution >= 4 is 29.9 Å². The number of benzene rings is 2. The highest BCUT2D eigenvalue weighted by molar-refractivity contribution is 8.13. The molecule has 2 aromatic rings. The molecule has 0 radical (unpaired) electrons. The minimum Gasteiger partial charge on any atom is -0.491 e. The van der Waals surface area contributed by atoms with Gasteiger partial charge in [-0.2, -0.15) is 8.42 Å². The van der Waals surface area contributed by atoms with Crippen molar-refractivity contribution in [1.29, 1.82) is 0 Å². The molecule has 0 aliphatic rings. The molecule has 130 valence electrons. The number of ether oxygens (including phenoxy) is 1. The summed E-state index contributed by atoms with van der Waals surface area (Å²) in [5, 5.41) is 0. The second kappa shape index (κ2) is 7.52. The number of halogens is 1. The van der Waals surface area contributed by atoms with Crippen molar-refractivity contribution in [3.05, 3.63) is 54.1 Å². The number of hydrogen-bond donors (Lipinski definition) is 0. The van der Waals surface area contributed by atoms with Crippen LogP contribution < -0.4 is 4.74 Å². The van der Waals surface area contributed by atoms with Crippen molar-refractivity contribution in [3.63, 3.8) is 0 Å². The summed E-state index contributed by atoms with van der Waals surface area (Å²) in [5.74, 6) is 0.371. The van der Waals surface area contributed by atoms with Gasteiger partial charge in [0.25, 0.3) is 19.2 Å². The maximum atomic E-state index is 12.0. The maximum absolute atomic E-state index is 12.0. The molecule has 0 bridgehead atoms. The molecule has 0 saturated carbocycles. The molecule has 0 fully saturated rings. The normalized spacial score (nSPS) is 12.1. The van der Waals surface area contributed by atoms with E-state index in [2.05, 4.69) is 0 Å². The Balaban J connectivity index is 1.87. The predicted octanol–water partition coefficient (Wildman–Crippen LogP) is 2.71. The lowest BCUT2D eigenvalue weighted by Gasteiger charge is -2.08. The SMILES string of the molecule is Cc1ccc(S(=O)(=O)OCCOc2ccc(S(=O)(=O)Cl)cc2)cc1. The topological polar surface area (TPSA) is 86.7 Å². The van der Waals surface area contributed by atoms with E-state index in [1.807, 2.05) is 6.92 Å². The van der Waals surface area contributed by atoms with E-state index in [1.54, 1.807) is 12.1 Å². The number of aryl methyl sites for hydroxylation is 1. The summed E-state index contributed by atoms with van der Waals surface area (Å²) in [5.41, 5.74) is 0.944. The van der Waals surface area contributed by atoms with Crippen molar-refractivity contribution in [2.75, 3.05) is 13.2 Å². The van der Waals surface area contributed by atoms with Crippen LogP contribution in [0.1, 0.15) is 5.56 Å². The summed E-state index contributed by atoms with van der Waals surface area (Å²) in [6.45, 7) is 1.66. The first-order valence-corrected chi connectivity index (χ1v) is 10.5. The average molecular weight is 391 g/mol. The third-order valence-electron chi connectivity index (χ3n) is 3.01. The Kier molecular flexibility index (Phi) is 5.87. The zero-order chi connectivity index (χ0) is 17.8. The molecule has 0 amide bonds. The predicted molar refractivity (Wildman–Crippen MR) is 89.3 cm³/mol. The van der Waals surface area contributed by atoms with Crippen LogP contribution in [-0.2, 0) is 23.4 Å². The van der Waals surface area contributed by atoms with E-state index in [0.29, 0.717) is 5.75 Å². The van der Waals surface area contributed by atoms with E-state index in [1.165, 1.54) is 36.4 Å². The van der Waals surface area contributed by atoms with Gasteiger partial charge in [-0.15, -0.1) is 0 Å². The first kappa shape index (κ1) is 18.7. The van der Waals surface area contributed by atoms with Crippen molar-refractivity contribution in [2.45, 2.75) is 16.7 Å². The Hall–Kier alpha value is -1.61. The molecule has 0 aliphatic heterocycles. The van der Waals surface area contributed by atoms with Crippen LogP contribution in [0.15, 0.2) is 58.3 Å². The highest BCUT2D eigenvalue weighted by Crippen LogP contribution is 2.19. The van der Waals surface area contributed by atoms with E-state index >= 15 is 0 Å². The quantitative estimate of drug-likeness (QED) is 0.410. The van der Waals surface area contributed by atoms with Crippen LogP contribution in [0, 0.1) is 6.92 Å². The molecule has 6 nitrogen and oxygen atoms in total. The van der Waals surface area contributed by atoms with Crippen LogP contribution >= 0.6 is 10.7 Å². The van der Waals surface area contributed by atoms with Crippen molar-refractivity contribution < 1.29 is 25.8 Å². The molecule has 0 saturated heterocycles. The van der Waals surface area contributed by atoms with Crippen molar-refractivity contribution in [3.8, 4) is 5.75 Å². The van der Waals surface area contributed by atoms with Crippen LogP contribution in [0.4, 0.5) is 0 Å². The van der Waals surface area contributed by atoms with Crippen LogP contribution in [-0.4, -0.2) is 30.0 Å². The first-order chi connectivity index (χ1) is 11.2. The Morgan fingerprint density at radius 1 is 0.833 bits per heavy atom. The van der Waals surface area contributed by atoms with E-state index in [0.717, 1.165) is 5.56 Å². The minimum absolute atomic E-state index is 0.0158. The van der Waals surface area contributed by atoms with Gasteiger partial charge in [-0.25, -0.2) is 8.42 Å². The Morgan fingerprint density at radius 3 is 1.92 bits per heavy atom. The largest absolute Gasteiger partial charge is 0.491 e. The lowest BCUT2D eigenvalue weighted by Crippen LogP contribution is -2.13. The summed E-state index contributed by atoms with van der Waals surface area (Å²) in [4.78, 5) is 0.0273. The summed E-state index contributed by atoms with van der Waals surface area (Å²) >= 11 is 0. The Bertz CT molecular complexity index is 888. The highest BCUT2D eigenvalue weighted by Gasteiger charge is 2.14. The van der Waals surface area contributed by atoms with E-state index in [4.69, 9.17) is 19.6 Å². The molecule has 0 unspecified atom stereocenters. The smallest absolute Gasteiger partial charge is 0.297 e. The molecule has 0 heterocycles. The molecule has 24 heavy (non-hydrogen) atoms. The fourth-order valence-corrected chi connectivity index (χ4v) is 3.44. The molecule has 2 rings (SSSR count). The summed E-state index contributed by atoms with van der Waals surface area (Å²) in [7, 11) is -2.42. The van der Waals surface area contributed by atoms with Crippen molar-refractivity contribution in [1.82, 2.24) is 0 Å². The van der Waals surface area contributed by atoms with Crippen LogP contribution in [0.25, 0.3) is 0 Å². The maximum Gasteiger partial charge on any atom is 0.297 e. The first-order valence-electron chi connectivity index (χ1n) is 6.82. The van der Waals surface area contributed by atoms with E-state index in [-0.39, 0.29) is 23.0 Å². The van der Waals surface area contributed by atoms with Gasteiger partial charge in [0, 0.05) is 10.7 Å². The van der Waals surface area contributed by atoms with Crippen LogP contribution in [0.3, 0.4) is 0 Å². The molecule has 0 N–H and O–H groups in total. The fourth-order valence-electron chi connectivity index (χ4n) is 1.77. The van der Waals surface area contributed by atoms with E-state index < -0.39 is 19.2 Å². The van der Waals surface area contributed by atoms with Crippen LogP contribution in [0.5, 0.6) is 5.75 Å². The van der Waals surface area contributed by atoms with E-state index in [9.17, 15) is 16.8 Å². The van der Waals surface area contributed by atoms with Gasteiger partial charge >= 0.3 is 0 Å². The summed E-state index contributed by atoms with van der Waals surface area (Å²) in [6.07, 6.45) is 0. The molecule has 0 spiro atoms. The third kappa shape index (κ3) is 5.20. The fraction of sp³-hybridized carbons (Fsp3) is 0.200. The average Bonchev–Trinajstić information content (AvgIpc) is 2.52. The van der Waals surface area contributed by atoms with Gasteiger partial charge in [-0.1, -0.05) is 17.7 Å². The number of rotatable bonds is 7. The zero-order valence-electron chi connectivity index (χ0n) is 12.7. The van der Waals surface area contributed by atoms with Gasteiger partial charge in [0.15, 0.2) is 0 Å². The standard InChI is InChI=1S/C15H15ClO6S2/c1-12-2-6-15(7-3-12)24(19,20)22-11-10-21-13-4-8-14(9-5-13)23(16,17)18/h2-9H,10-11H2,1H3. The lowest BCUT2D eigenvalue weighted by atomic mass is 10.2. The third-order valence-corrected chi connectivity index (χ3v) is 5.70. The van der Waals surface area contributed by atoms with Gasteiger partial charge in [0.1, 0.15) is 19.0 Å². The Morgan fingerprint density at radius 2 is 1.38 bits per heavy atom. The molecular weight excluding hydrogens is 376 g/mol. The van der Waals surface area contributed by atoms with Crippen molar-refractivity contribution in [2.24, 2.45) is 0 Å². The molecule has 9 heteroatoms. The second-order valence-corrected chi connectivity index (χ2v) is 9.03. The van der Waals surface area contributed by atoms with Gasteiger partial charge in [0.05, 0.1) is 9.79 Å². The molecular formula is C15H15ClO6S2. The van der Waals surface area contributed by atoms with Gasteiger partial charge in [0.2, 0.25) is 0 Å². The van der Waals surface area contributed by atoms with Gasteiger partial charge < -0.3 is 4.74 Å². The number of hydrogen-bond acceptors (Lipinski definition) is 6. The van der Waals surface area contributed by atoms with Gasteiger partial charge in [-0.05, 0) is 43.3 Å². The Labute approximate surface area is 145 Å². The highest BCUT2D eigenvalue weighted by atomic mass is 35.7. The molecule has 0 atom stereocenters.